The molecule has 0 spiro atoms. The number of nitrogens with one attached hydrogen (secondary N) is 1. The Morgan fingerprint density at radius 1 is 1.56 bits per heavy atom. The summed E-state index contributed by atoms with van der Waals surface area (Å²) in [5.41, 5.74) is 1.06. The molecule has 1 aromatic rings. The van der Waals surface area contributed by atoms with Crippen LogP contribution in [-0.4, -0.2) is 16.1 Å². The third-order valence-electron chi connectivity index (χ3n) is 2.36. The van der Waals surface area contributed by atoms with Crippen molar-refractivity contribution < 1.29 is 4.79 Å². The van der Waals surface area contributed by atoms with E-state index in [0.717, 1.165) is 17.0 Å². The number of anilines is 1. The molecule has 0 aromatic carbocycles. The van der Waals surface area contributed by atoms with Crippen molar-refractivity contribution in [1.82, 2.24) is 4.98 Å². The first-order valence-electron chi connectivity index (χ1n) is 5.41. The summed E-state index contributed by atoms with van der Waals surface area (Å²) in [4.78, 5) is 17.3. The van der Waals surface area contributed by atoms with Crippen LogP contribution in [0, 0.1) is 12.8 Å². The van der Waals surface area contributed by atoms with Gasteiger partial charge in [0.25, 0.3) is 0 Å². The van der Waals surface area contributed by atoms with Gasteiger partial charge in [-0.3, -0.25) is 4.79 Å². The quantitative estimate of drug-likeness (QED) is 0.815. The van der Waals surface area contributed by atoms with Crippen LogP contribution in [0.15, 0.2) is 0 Å². The fourth-order valence-electron chi connectivity index (χ4n) is 1.29. The van der Waals surface area contributed by atoms with Crippen LogP contribution < -0.4 is 5.32 Å². The van der Waals surface area contributed by atoms with E-state index in [4.69, 9.17) is 0 Å². The number of hydrogen-bond acceptors (Lipinski definition) is 4. The highest BCUT2D eigenvalue weighted by Crippen LogP contribution is 2.23. The minimum atomic E-state index is -0.283. The highest BCUT2D eigenvalue weighted by molar-refractivity contribution is 7.81. The SMILES string of the molecule is CCc1nc(NC(=O)C(S)C(C)C)sc1C. The third-order valence-corrected chi connectivity index (χ3v) is 4.12. The molecule has 1 unspecified atom stereocenters. The Hall–Kier alpha value is -0.550. The van der Waals surface area contributed by atoms with E-state index < -0.39 is 0 Å². The van der Waals surface area contributed by atoms with E-state index in [0.29, 0.717) is 5.13 Å². The molecule has 0 bridgehead atoms. The van der Waals surface area contributed by atoms with Gasteiger partial charge in [0, 0.05) is 4.88 Å². The predicted molar refractivity (Wildman–Crippen MR) is 72.5 cm³/mol. The summed E-state index contributed by atoms with van der Waals surface area (Å²) in [5.74, 6) is 0.143. The zero-order valence-electron chi connectivity index (χ0n) is 10.1. The van der Waals surface area contributed by atoms with Gasteiger partial charge in [-0.2, -0.15) is 12.6 Å². The van der Waals surface area contributed by atoms with Crippen molar-refractivity contribution in [2.24, 2.45) is 5.92 Å². The minimum absolute atomic E-state index is 0.0743. The van der Waals surface area contributed by atoms with Crippen molar-refractivity contribution in [3.63, 3.8) is 0 Å². The number of hydrogen-bond donors (Lipinski definition) is 2. The van der Waals surface area contributed by atoms with Crippen molar-refractivity contribution in [3.05, 3.63) is 10.6 Å². The zero-order chi connectivity index (χ0) is 12.3. The second-order valence-electron chi connectivity index (χ2n) is 4.05. The number of carbonyl (C=O) groups excluding carboxylic acids is 1. The van der Waals surface area contributed by atoms with Gasteiger partial charge in [0.05, 0.1) is 10.9 Å². The van der Waals surface area contributed by atoms with E-state index in [2.05, 4.69) is 29.9 Å². The summed E-state index contributed by atoms with van der Waals surface area (Å²) in [6, 6.07) is 0. The Balaban J connectivity index is 2.70. The average molecular weight is 258 g/mol. The van der Waals surface area contributed by atoms with E-state index in [1.807, 2.05) is 20.8 Å². The molecule has 90 valence electrons. The maximum Gasteiger partial charge on any atom is 0.239 e. The largest absolute Gasteiger partial charge is 0.301 e. The lowest BCUT2D eigenvalue weighted by molar-refractivity contribution is -0.116. The molecular formula is C11H18N2OS2. The molecule has 5 heteroatoms. The van der Waals surface area contributed by atoms with E-state index in [-0.39, 0.29) is 17.1 Å². The van der Waals surface area contributed by atoms with Crippen molar-refractivity contribution in [2.75, 3.05) is 5.32 Å². The van der Waals surface area contributed by atoms with Gasteiger partial charge in [-0.15, -0.1) is 11.3 Å². The Bertz CT molecular complexity index is 374. The van der Waals surface area contributed by atoms with E-state index in [1.54, 1.807) is 0 Å². The fourth-order valence-corrected chi connectivity index (χ4v) is 2.26. The summed E-state index contributed by atoms with van der Waals surface area (Å²) >= 11 is 5.79. The first-order valence-corrected chi connectivity index (χ1v) is 6.74. The molecule has 1 rings (SSSR count). The number of aromatic nitrogens is 1. The Labute approximate surface area is 106 Å². The molecule has 0 saturated carbocycles. The monoisotopic (exact) mass is 258 g/mol. The van der Waals surface area contributed by atoms with Gasteiger partial charge in [-0.25, -0.2) is 4.98 Å². The number of aryl methyl sites for hydroxylation is 2. The molecule has 1 atom stereocenters. The topological polar surface area (TPSA) is 42.0 Å². The summed E-state index contributed by atoms with van der Waals surface area (Å²) < 4.78 is 0. The standard InChI is InChI=1S/C11H18N2OS2/c1-5-8-7(4)16-11(12-8)13-10(14)9(15)6(2)3/h6,9,15H,5H2,1-4H3,(H,12,13,14). The maximum atomic E-state index is 11.7. The van der Waals surface area contributed by atoms with E-state index in [1.165, 1.54) is 11.3 Å². The Kier molecular flexibility index (Phi) is 4.80. The van der Waals surface area contributed by atoms with Gasteiger partial charge in [0.2, 0.25) is 5.91 Å². The summed E-state index contributed by atoms with van der Waals surface area (Å²) in [5, 5.41) is 3.21. The molecule has 0 aliphatic rings. The molecule has 0 fully saturated rings. The lowest BCUT2D eigenvalue weighted by Gasteiger charge is -2.12. The fraction of sp³-hybridized carbons (Fsp3) is 0.636. The molecule has 0 aliphatic carbocycles. The molecule has 1 heterocycles. The van der Waals surface area contributed by atoms with Crippen molar-refractivity contribution in [2.45, 2.75) is 39.4 Å². The van der Waals surface area contributed by atoms with Crippen LogP contribution in [0.4, 0.5) is 5.13 Å². The summed E-state index contributed by atoms with van der Waals surface area (Å²) in [7, 11) is 0. The van der Waals surface area contributed by atoms with Gasteiger partial charge in [0.1, 0.15) is 0 Å². The lowest BCUT2D eigenvalue weighted by Crippen LogP contribution is -2.27. The number of rotatable bonds is 4. The first-order chi connectivity index (χ1) is 7.45. The molecule has 1 aromatic heterocycles. The van der Waals surface area contributed by atoms with E-state index >= 15 is 0 Å². The average Bonchev–Trinajstić information content (AvgIpc) is 2.57. The summed E-state index contributed by atoms with van der Waals surface area (Å²) in [6.45, 7) is 8.03. The lowest BCUT2D eigenvalue weighted by atomic mass is 10.1. The van der Waals surface area contributed by atoms with Crippen LogP contribution in [0.25, 0.3) is 0 Å². The van der Waals surface area contributed by atoms with Crippen molar-refractivity contribution >= 4 is 35.0 Å². The number of nitrogens with zero attached hydrogens (tertiary/aromatic N) is 1. The first kappa shape index (κ1) is 13.5. The molecular weight excluding hydrogens is 240 g/mol. The predicted octanol–water partition coefficient (Wildman–Crippen LogP) is 2.91. The van der Waals surface area contributed by atoms with Gasteiger partial charge < -0.3 is 5.32 Å². The second kappa shape index (κ2) is 5.68. The molecule has 3 nitrogen and oxygen atoms in total. The zero-order valence-corrected chi connectivity index (χ0v) is 11.8. The number of amides is 1. The second-order valence-corrected chi connectivity index (χ2v) is 5.81. The van der Waals surface area contributed by atoms with Gasteiger partial charge in [-0.05, 0) is 19.3 Å². The molecule has 16 heavy (non-hydrogen) atoms. The van der Waals surface area contributed by atoms with Crippen molar-refractivity contribution in [1.29, 1.82) is 0 Å². The van der Waals surface area contributed by atoms with Crippen LogP contribution in [0.5, 0.6) is 0 Å². The Morgan fingerprint density at radius 2 is 2.19 bits per heavy atom. The summed E-state index contributed by atoms with van der Waals surface area (Å²) in [6.07, 6.45) is 0.896. The van der Waals surface area contributed by atoms with Crippen LogP contribution in [-0.2, 0) is 11.2 Å². The van der Waals surface area contributed by atoms with Crippen LogP contribution in [0.2, 0.25) is 0 Å². The molecule has 0 aliphatic heterocycles. The normalized spacial score (nSPS) is 12.9. The highest BCUT2D eigenvalue weighted by Gasteiger charge is 2.19. The molecule has 0 radical (unpaired) electrons. The number of thiol groups is 1. The minimum Gasteiger partial charge on any atom is -0.301 e. The molecule has 1 N–H and O–H groups in total. The van der Waals surface area contributed by atoms with Gasteiger partial charge in [0.15, 0.2) is 5.13 Å². The molecule has 0 saturated heterocycles. The van der Waals surface area contributed by atoms with Gasteiger partial charge in [-0.1, -0.05) is 20.8 Å². The third kappa shape index (κ3) is 3.22. The van der Waals surface area contributed by atoms with Crippen molar-refractivity contribution in [3.8, 4) is 0 Å². The van der Waals surface area contributed by atoms with Crippen LogP contribution in [0.3, 0.4) is 0 Å². The number of thiazole rings is 1. The highest BCUT2D eigenvalue weighted by atomic mass is 32.1. The molecule has 1 amide bonds. The Morgan fingerprint density at radius 3 is 2.62 bits per heavy atom. The maximum absolute atomic E-state index is 11.7. The van der Waals surface area contributed by atoms with E-state index in [9.17, 15) is 4.79 Å². The number of carbonyl (C=O) groups is 1. The van der Waals surface area contributed by atoms with Gasteiger partial charge >= 0.3 is 0 Å². The van der Waals surface area contributed by atoms with Crippen LogP contribution in [0.1, 0.15) is 31.3 Å². The van der Waals surface area contributed by atoms with Crippen LogP contribution >= 0.6 is 24.0 Å². The smallest absolute Gasteiger partial charge is 0.239 e.